The van der Waals surface area contributed by atoms with Gasteiger partial charge in [0.1, 0.15) is 11.6 Å². The molecule has 0 unspecified atom stereocenters. The normalized spacial score (nSPS) is 14.2. The standard InChI is InChI=1S/C17H18FNOS/c1-20-15-6-2-3-7-17(15)21-16-8-4-5-14(18)13(16)11-19-12-9-10-12/h2-8,12,19H,9-11H2,1H3. The van der Waals surface area contributed by atoms with Crippen LogP contribution in [0.5, 0.6) is 5.75 Å². The molecule has 0 amide bonds. The Hall–Kier alpha value is -1.52. The molecule has 1 aliphatic carbocycles. The Morgan fingerprint density at radius 1 is 1.14 bits per heavy atom. The van der Waals surface area contributed by atoms with Crippen LogP contribution in [0.3, 0.4) is 0 Å². The maximum atomic E-state index is 14.1. The summed E-state index contributed by atoms with van der Waals surface area (Å²) in [4.78, 5) is 1.94. The van der Waals surface area contributed by atoms with Crippen LogP contribution < -0.4 is 10.1 Å². The van der Waals surface area contributed by atoms with E-state index in [0.717, 1.165) is 21.1 Å². The molecule has 2 aromatic rings. The minimum atomic E-state index is -0.150. The molecule has 0 bridgehead atoms. The van der Waals surface area contributed by atoms with Gasteiger partial charge in [-0.25, -0.2) is 4.39 Å². The molecule has 21 heavy (non-hydrogen) atoms. The third-order valence-corrected chi connectivity index (χ3v) is 4.67. The van der Waals surface area contributed by atoms with Gasteiger partial charge in [-0.15, -0.1) is 0 Å². The first-order valence-corrected chi connectivity index (χ1v) is 7.91. The third kappa shape index (κ3) is 3.57. The summed E-state index contributed by atoms with van der Waals surface area (Å²) in [5, 5.41) is 3.38. The highest BCUT2D eigenvalue weighted by molar-refractivity contribution is 7.99. The van der Waals surface area contributed by atoms with Gasteiger partial charge in [-0.3, -0.25) is 0 Å². The van der Waals surface area contributed by atoms with E-state index in [-0.39, 0.29) is 5.82 Å². The fraction of sp³-hybridized carbons (Fsp3) is 0.294. The fourth-order valence-electron chi connectivity index (χ4n) is 2.16. The molecule has 110 valence electrons. The van der Waals surface area contributed by atoms with Gasteiger partial charge in [0, 0.05) is 23.0 Å². The summed E-state index contributed by atoms with van der Waals surface area (Å²) >= 11 is 1.55. The van der Waals surface area contributed by atoms with Crippen molar-refractivity contribution in [3.8, 4) is 5.75 Å². The second-order valence-corrected chi connectivity index (χ2v) is 6.21. The molecule has 1 aliphatic rings. The fourth-order valence-corrected chi connectivity index (χ4v) is 3.24. The second-order valence-electron chi connectivity index (χ2n) is 5.12. The first-order valence-electron chi connectivity index (χ1n) is 7.09. The molecule has 0 radical (unpaired) electrons. The Morgan fingerprint density at radius 2 is 1.90 bits per heavy atom. The molecule has 4 heteroatoms. The van der Waals surface area contributed by atoms with Gasteiger partial charge in [0.05, 0.1) is 12.0 Å². The summed E-state index contributed by atoms with van der Waals surface area (Å²) in [6, 6.07) is 13.6. The van der Waals surface area contributed by atoms with E-state index in [4.69, 9.17) is 4.74 Å². The highest BCUT2D eigenvalue weighted by Crippen LogP contribution is 2.37. The molecule has 2 nitrogen and oxygen atoms in total. The maximum absolute atomic E-state index is 14.1. The van der Waals surface area contributed by atoms with E-state index in [9.17, 15) is 4.39 Å². The number of para-hydroxylation sites is 1. The first kappa shape index (κ1) is 14.4. The quantitative estimate of drug-likeness (QED) is 0.862. The lowest BCUT2D eigenvalue weighted by Crippen LogP contribution is -2.16. The molecular weight excluding hydrogens is 285 g/mol. The molecule has 1 fully saturated rings. The van der Waals surface area contributed by atoms with Gasteiger partial charge in [0.25, 0.3) is 0 Å². The van der Waals surface area contributed by atoms with Crippen LogP contribution in [0.4, 0.5) is 4.39 Å². The third-order valence-electron chi connectivity index (χ3n) is 3.51. The van der Waals surface area contributed by atoms with Crippen LogP contribution >= 0.6 is 11.8 Å². The van der Waals surface area contributed by atoms with Gasteiger partial charge in [0.15, 0.2) is 0 Å². The first-order chi connectivity index (χ1) is 10.3. The molecule has 0 atom stereocenters. The van der Waals surface area contributed by atoms with Crippen molar-refractivity contribution in [2.75, 3.05) is 7.11 Å². The van der Waals surface area contributed by atoms with Crippen molar-refractivity contribution in [3.05, 3.63) is 53.8 Å². The van der Waals surface area contributed by atoms with Gasteiger partial charge in [-0.1, -0.05) is 30.0 Å². The molecule has 3 rings (SSSR count). The lowest BCUT2D eigenvalue weighted by Gasteiger charge is -2.13. The van der Waals surface area contributed by atoms with Crippen molar-refractivity contribution >= 4 is 11.8 Å². The zero-order chi connectivity index (χ0) is 14.7. The minimum Gasteiger partial charge on any atom is -0.496 e. The molecule has 0 aliphatic heterocycles. The molecule has 0 spiro atoms. The van der Waals surface area contributed by atoms with Crippen LogP contribution in [0, 0.1) is 5.82 Å². The number of nitrogens with one attached hydrogen (secondary N) is 1. The van der Waals surface area contributed by atoms with Gasteiger partial charge in [-0.2, -0.15) is 0 Å². The molecular formula is C17H18FNOS. The van der Waals surface area contributed by atoms with Crippen LogP contribution in [0.25, 0.3) is 0 Å². The van der Waals surface area contributed by atoms with Gasteiger partial charge in [-0.05, 0) is 37.1 Å². The lowest BCUT2D eigenvalue weighted by molar-refractivity contribution is 0.405. The van der Waals surface area contributed by atoms with Crippen molar-refractivity contribution < 1.29 is 9.13 Å². The largest absolute Gasteiger partial charge is 0.496 e. The summed E-state index contributed by atoms with van der Waals surface area (Å²) in [6.07, 6.45) is 2.40. The van der Waals surface area contributed by atoms with E-state index >= 15 is 0 Å². The molecule has 1 saturated carbocycles. The highest BCUT2D eigenvalue weighted by atomic mass is 32.2. The van der Waals surface area contributed by atoms with E-state index in [2.05, 4.69) is 5.32 Å². The topological polar surface area (TPSA) is 21.3 Å². The highest BCUT2D eigenvalue weighted by Gasteiger charge is 2.21. The molecule has 0 aromatic heterocycles. The predicted molar refractivity (Wildman–Crippen MR) is 83.4 cm³/mol. The van der Waals surface area contributed by atoms with Crippen molar-refractivity contribution in [3.63, 3.8) is 0 Å². The van der Waals surface area contributed by atoms with Crippen molar-refractivity contribution in [2.45, 2.75) is 35.2 Å². The summed E-state index contributed by atoms with van der Waals surface area (Å²) < 4.78 is 19.5. The summed E-state index contributed by atoms with van der Waals surface area (Å²) in [5.41, 5.74) is 0.736. The number of halogens is 1. The number of ether oxygens (including phenoxy) is 1. The summed E-state index contributed by atoms with van der Waals surface area (Å²) in [5.74, 6) is 0.663. The van der Waals surface area contributed by atoms with E-state index in [0.29, 0.717) is 12.6 Å². The van der Waals surface area contributed by atoms with Gasteiger partial charge in [0.2, 0.25) is 0 Å². The number of hydrogen-bond acceptors (Lipinski definition) is 3. The Bertz CT molecular complexity index is 628. The van der Waals surface area contributed by atoms with Gasteiger partial charge >= 0.3 is 0 Å². The zero-order valence-corrected chi connectivity index (χ0v) is 12.8. The van der Waals surface area contributed by atoms with Crippen LogP contribution in [0.15, 0.2) is 52.3 Å². The second kappa shape index (κ2) is 6.50. The minimum absolute atomic E-state index is 0.150. The van der Waals surface area contributed by atoms with Crippen LogP contribution in [0.1, 0.15) is 18.4 Å². The number of benzene rings is 2. The van der Waals surface area contributed by atoms with E-state index < -0.39 is 0 Å². The number of methoxy groups -OCH3 is 1. The number of rotatable bonds is 6. The van der Waals surface area contributed by atoms with Crippen molar-refractivity contribution in [2.24, 2.45) is 0 Å². The van der Waals surface area contributed by atoms with Crippen LogP contribution in [0.2, 0.25) is 0 Å². The molecule has 0 heterocycles. The van der Waals surface area contributed by atoms with Gasteiger partial charge < -0.3 is 10.1 Å². The lowest BCUT2D eigenvalue weighted by atomic mass is 10.2. The van der Waals surface area contributed by atoms with Crippen molar-refractivity contribution in [1.29, 1.82) is 0 Å². The Morgan fingerprint density at radius 3 is 2.67 bits per heavy atom. The van der Waals surface area contributed by atoms with Crippen molar-refractivity contribution in [1.82, 2.24) is 5.32 Å². The van der Waals surface area contributed by atoms with E-state index in [1.807, 2.05) is 30.3 Å². The Balaban J connectivity index is 1.84. The van der Waals surface area contributed by atoms with Crippen LogP contribution in [-0.4, -0.2) is 13.2 Å². The molecule has 2 aromatic carbocycles. The summed E-state index contributed by atoms with van der Waals surface area (Å²) in [6.45, 7) is 0.578. The predicted octanol–water partition coefficient (Wildman–Crippen LogP) is 4.24. The van der Waals surface area contributed by atoms with Crippen LogP contribution in [-0.2, 0) is 6.54 Å². The average molecular weight is 303 g/mol. The number of hydrogen-bond donors (Lipinski definition) is 1. The Kier molecular flexibility index (Phi) is 4.46. The van der Waals surface area contributed by atoms with E-state index in [1.54, 1.807) is 24.9 Å². The monoisotopic (exact) mass is 303 g/mol. The summed E-state index contributed by atoms with van der Waals surface area (Å²) in [7, 11) is 1.65. The SMILES string of the molecule is COc1ccccc1Sc1cccc(F)c1CNC1CC1. The zero-order valence-electron chi connectivity index (χ0n) is 11.9. The molecule has 0 saturated heterocycles. The van der Waals surface area contributed by atoms with E-state index in [1.165, 1.54) is 18.9 Å². The smallest absolute Gasteiger partial charge is 0.132 e. The molecule has 1 N–H and O–H groups in total. The Labute approximate surface area is 128 Å². The maximum Gasteiger partial charge on any atom is 0.132 e. The average Bonchev–Trinajstić information content (AvgIpc) is 3.31.